The van der Waals surface area contributed by atoms with Gasteiger partial charge < -0.3 is 4.74 Å². The number of methoxy groups -OCH3 is 1. The fourth-order valence-electron chi connectivity index (χ4n) is 1.16. The maximum atomic E-state index is 10.7. The number of sulfonamides is 1. The third kappa shape index (κ3) is 3.35. The molecule has 0 aliphatic heterocycles. The van der Waals surface area contributed by atoms with Gasteiger partial charge >= 0.3 is 0 Å². The third-order valence-corrected chi connectivity index (χ3v) is 2.62. The largest absolute Gasteiger partial charge is 0.496 e. The Bertz CT molecular complexity index is 400. The Labute approximate surface area is 83.7 Å². The molecule has 0 unspecified atom stereocenters. The SMILES string of the molecule is COc1ccccc1CCS(N)(=O)=O. The summed E-state index contributed by atoms with van der Waals surface area (Å²) in [4.78, 5) is 0. The van der Waals surface area contributed by atoms with Gasteiger partial charge in [-0.1, -0.05) is 18.2 Å². The molecule has 1 aromatic carbocycles. The Balaban J connectivity index is 2.76. The van der Waals surface area contributed by atoms with Gasteiger partial charge in [0.1, 0.15) is 5.75 Å². The van der Waals surface area contributed by atoms with Crippen molar-refractivity contribution in [2.45, 2.75) is 6.42 Å². The average Bonchev–Trinajstić information content (AvgIpc) is 2.14. The summed E-state index contributed by atoms with van der Waals surface area (Å²) < 4.78 is 26.6. The topological polar surface area (TPSA) is 69.4 Å². The number of aryl methyl sites for hydroxylation is 1. The van der Waals surface area contributed by atoms with Crippen molar-refractivity contribution in [3.63, 3.8) is 0 Å². The Morgan fingerprint density at radius 1 is 1.36 bits per heavy atom. The minimum Gasteiger partial charge on any atom is -0.496 e. The van der Waals surface area contributed by atoms with Gasteiger partial charge in [0.2, 0.25) is 10.0 Å². The Morgan fingerprint density at radius 3 is 2.57 bits per heavy atom. The van der Waals surface area contributed by atoms with E-state index in [0.29, 0.717) is 12.2 Å². The average molecular weight is 215 g/mol. The Kier molecular flexibility index (Phi) is 3.49. The van der Waals surface area contributed by atoms with Crippen LogP contribution in [0.1, 0.15) is 5.56 Å². The summed E-state index contributed by atoms with van der Waals surface area (Å²) in [7, 11) is -1.85. The highest BCUT2D eigenvalue weighted by Gasteiger charge is 2.06. The van der Waals surface area contributed by atoms with Crippen LogP contribution in [0.4, 0.5) is 0 Å². The van der Waals surface area contributed by atoms with Crippen LogP contribution in [0.5, 0.6) is 5.75 Å². The second-order valence-corrected chi connectivity index (χ2v) is 4.66. The molecule has 0 aliphatic carbocycles. The molecule has 0 heterocycles. The number of hydrogen-bond acceptors (Lipinski definition) is 3. The van der Waals surface area contributed by atoms with Crippen LogP contribution in [-0.4, -0.2) is 21.3 Å². The predicted molar refractivity (Wildman–Crippen MR) is 54.7 cm³/mol. The van der Waals surface area contributed by atoms with E-state index in [1.54, 1.807) is 13.2 Å². The molecule has 4 nitrogen and oxygen atoms in total. The van der Waals surface area contributed by atoms with Crippen LogP contribution in [0.2, 0.25) is 0 Å². The normalized spacial score (nSPS) is 11.3. The van der Waals surface area contributed by atoms with Crippen molar-refractivity contribution >= 4 is 10.0 Å². The molecule has 0 saturated heterocycles. The van der Waals surface area contributed by atoms with E-state index in [1.807, 2.05) is 18.2 Å². The van der Waals surface area contributed by atoms with Crippen LogP contribution in [-0.2, 0) is 16.4 Å². The lowest BCUT2D eigenvalue weighted by Gasteiger charge is -2.06. The fourth-order valence-corrected chi connectivity index (χ4v) is 1.67. The van der Waals surface area contributed by atoms with E-state index in [1.165, 1.54) is 0 Å². The number of nitrogens with two attached hydrogens (primary N) is 1. The van der Waals surface area contributed by atoms with E-state index in [-0.39, 0.29) is 5.75 Å². The maximum Gasteiger partial charge on any atom is 0.209 e. The molecule has 0 atom stereocenters. The van der Waals surface area contributed by atoms with Crippen LogP contribution >= 0.6 is 0 Å². The second-order valence-electron chi connectivity index (χ2n) is 2.93. The van der Waals surface area contributed by atoms with Crippen LogP contribution in [0.25, 0.3) is 0 Å². The minimum atomic E-state index is -3.40. The van der Waals surface area contributed by atoms with E-state index in [0.717, 1.165) is 5.56 Å². The van der Waals surface area contributed by atoms with Crippen molar-refractivity contribution in [1.29, 1.82) is 0 Å². The van der Waals surface area contributed by atoms with E-state index in [4.69, 9.17) is 9.88 Å². The highest BCUT2D eigenvalue weighted by molar-refractivity contribution is 7.89. The zero-order valence-electron chi connectivity index (χ0n) is 7.93. The van der Waals surface area contributed by atoms with E-state index >= 15 is 0 Å². The number of benzene rings is 1. The predicted octanol–water partition coefficient (Wildman–Crippen LogP) is 0.526. The summed E-state index contributed by atoms with van der Waals surface area (Å²) >= 11 is 0. The van der Waals surface area contributed by atoms with E-state index in [9.17, 15) is 8.42 Å². The molecule has 78 valence electrons. The highest BCUT2D eigenvalue weighted by atomic mass is 32.2. The van der Waals surface area contributed by atoms with Gasteiger partial charge in [0.25, 0.3) is 0 Å². The summed E-state index contributed by atoms with van der Waals surface area (Å²) in [5.41, 5.74) is 0.851. The van der Waals surface area contributed by atoms with Gasteiger partial charge in [-0.2, -0.15) is 0 Å². The number of primary sulfonamides is 1. The van der Waals surface area contributed by atoms with Crippen molar-refractivity contribution in [2.75, 3.05) is 12.9 Å². The van der Waals surface area contributed by atoms with Crippen LogP contribution in [0, 0.1) is 0 Å². The number of hydrogen-bond donors (Lipinski definition) is 1. The molecule has 0 fully saturated rings. The number of rotatable bonds is 4. The molecule has 1 aromatic rings. The van der Waals surface area contributed by atoms with Gasteiger partial charge in [-0.3, -0.25) is 0 Å². The van der Waals surface area contributed by atoms with E-state index < -0.39 is 10.0 Å². The summed E-state index contributed by atoms with van der Waals surface area (Å²) in [5.74, 6) is 0.629. The van der Waals surface area contributed by atoms with Gasteiger partial charge in [-0.05, 0) is 18.1 Å². The van der Waals surface area contributed by atoms with Crippen molar-refractivity contribution in [1.82, 2.24) is 0 Å². The Morgan fingerprint density at radius 2 is 2.00 bits per heavy atom. The van der Waals surface area contributed by atoms with Gasteiger partial charge in [-0.25, -0.2) is 13.6 Å². The first kappa shape index (κ1) is 11.0. The molecule has 14 heavy (non-hydrogen) atoms. The molecule has 0 saturated carbocycles. The molecule has 1 rings (SSSR count). The van der Waals surface area contributed by atoms with Gasteiger partial charge in [0.05, 0.1) is 12.9 Å². The molecular weight excluding hydrogens is 202 g/mol. The van der Waals surface area contributed by atoms with Gasteiger partial charge in [-0.15, -0.1) is 0 Å². The molecule has 2 N–H and O–H groups in total. The molecule has 0 amide bonds. The monoisotopic (exact) mass is 215 g/mol. The molecule has 0 spiro atoms. The molecule has 5 heteroatoms. The molecule has 0 radical (unpaired) electrons. The highest BCUT2D eigenvalue weighted by Crippen LogP contribution is 2.17. The zero-order valence-corrected chi connectivity index (χ0v) is 8.75. The quantitative estimate of drug-likeness (QED) is 0.796. The maximum absolute atomic E-state index is 10.7. The smallest absolute Gasteiger partial charge is 0.209 e. The first-order chi connectivity index (χ1) is 6.53. The lowest BCUT2D eigenvalue weighted by atomic mass is 10.1. The number of ether oxygens (including phenoxy) is 1. The zero-order chi connectivity index (χ0) is 10.6. The van der Waals surface area contributed by atoms with Crippen molar-refractivity contribution in [3.8, 4) is 5.75 Å². The molecule has 0 aromatic heterocycles. The lowest BCUT2D eigenvalue weighted by molar-refractivity contribution is 0.410. The van der Waals surface area contributed by atoms with Gasteiger partial charge in [0.15, 0.2) is 0 Å². The first-order valence-electron chi connectivity index (χ1n) is 4.15. The summed E-state index contributed by atoms with van der Waals surface area (Å²) in [6.07, 6.45) is 0.378. The first-order valence-corrected chi connectivity index (χ1v) is 5.87. The third-order valence-electron chi connectivity index (χ3n) is 1.85. The summed E-state index contributed by atoms with van der Waals surface area (Å²) in [6.45, 7) is 0. The van der Waals surface area contributed by atoms with Crippen LogP contribution in [0.15, 0.2) is 24.3 Å². The molecule has 0 bridgehead atoms. The standard InChI is InChI=1S/C9H13NO3S/c1-13-9-5-3-2-4-8(9)6-7-14(10,11)12/h2-5H,6-7H2,1H3,(H2,10,11,12). The number of para-hydroxylation sites is 1. The lowest BCUT2D eigenvalue weighted by Crippen LogP contribution is -2.18. The summed E-state index contributed by atoms with van der Waals surface area (Å²) in [5, 5.41) is 4.91. The van der Waals surface area contributed by atoms with Crippen LogP contribution < -0.4 is 9.88 Å². The van der Waals surface area contributed by atoms with Gasteiger partial charge in [0, 0.05) is 0 Å². The van der Waals surface area contributed by atoms with Crippen molar-refractivity contribution in [2.24, 2.45) is 5.14 Å². The molecular formula is C9H13NO3S. The Hall–Kier alpha value is -1.07. The minimum absolute atomic E-state index is 0.0621. The summed E-state index contributed by atoms with van der Waals surface area (Å²) in [6, 6.07) is 7.28. The van der Waals surface area contributed by atoms with Crippen LogP contribution in [0.3, 0.4) is 0 Å². The molecule has 0 aliphatic rings. The fraction of sp³-hybridized carbons (Fsp3) is 0.333. The van der Waals surface area contributed by atoms with Crippen molar-refractivity contribution < 1.29 is 13.2 Å². The van der Waals surface area contributed by atoms with Crippen molar-refractivity contribution in [3.05, 3.63) is 29.8 Å². The van der Waals surface area contributed by atoms with E-state index in [2.05, 4.69) is 0 Å². The second kappa shape index (κ2) is 4.43.